The van der Waals surface area contributed by atoms with Gasteiger partial charge in [-0.25, -0.2) is 9.59 Å². The maximum atomic E-state index is 13.6. The van der Waals surface area contributed by atoms with E-state index in [1.165, 1.54) is 62.8 Å². The van der Waals surface area contributed by atoms with E-state index in [9.17, 15) is 22.8 Å². The Morgan fingerprint density at radius 1 is 1.09 bits per heavy atom. The number of halogens is 3. The van der Waals surface area contributed by atoms with Gasteiger partial charge >= 0.3 is 18.1 Å². The van der Waals surface area contributed by atoms with Gasteiger partial charge in [-0.3, -0.25) is 4.68 Å². The molecule has 3 aromatic rings. The second-order valence-corrected chi connectivity index (χ2v) is 7.82. The van der Waals surface area contributed by atoms with Crippen LogP contribution in [0.3, 0.4) is 0 Å². The standard InChI is InChI=1S/C22H18F3N3O5/c1-11-17-15(22(23,24)25)10-16(26-18(17)28(4)27-11)31-13-7-5-12(6-8-13)9-14-19(29)32-21(2,3)33-20(14)30/h5-10H,1-4H3. The van der Waals surface area contributed by atoms with Crippen molar-refractivity contribution in [3.63, 3.8) is 0 Å². The maximum absolute atomic E-state index is 13.6. The number of nitrogens with zero attached hydrogens (tertiary/aromatic N) is 3. The van der Waals surface area contributed by atoms with Gasteiger partial charge < -0.3 is 14.2 Å². The van der Waals surface area contributed by atoms with Crippen LogP contribution < -0.4 is 4.74 Å². The summed E-state index contributed by atoms with van der Waals surface area (Å²) in [5.41, 5.74) is -0.480. The Balaban J connectivity index is 1.62. The van der Waals surface area contributed by atoms with Crippen LogP contribution >= 0.6 is 0 Å². The molecule has 0 atom stereocenters. The van der Waals surface area contributed by atoms with Crippen LogP contribution in [0.1, 0.15) is 30.7 Å². The molecular formula is C22H18F3N3O5. The topological polar surface area (TPSA) is 92.5 Å². The van der Waals surface area contributed by atoms with E-state index in [2.05, 4.69) is 10.1 Å². The summed E-state index contributed by atoms with van der Waals surface area (Å²) in [7, 11) is 1.50. The molecule has 11 heteroatoms. The van der Waals surface area contributed by atoms with Gasteiger partial charge in [-0.2, -0.15) is 23.3 Å². The summed E-state index contributed by atoms with van der Waals surface area (Å²) in [5.74, 6) is -3.05. The third-order valence-corrected chi connectivity index (χ3v) is 4.78. The minimum atomic E-state index is -4.62. The summed E-state index contributed by atoms with van der Waals surface area (Å²) in [4.78, 5) is 28.3. The summed E-state index contributed by atoms with van der Waals surface area (Å²) in [6.45, 7) is 4.36. The molecule has 1 saturated heterocycles. The van der Waals surface area contributed by atoms with E-state index in [0.717, 1.165) is 6.07 Å². The van der Waals surface area contributed by atoms with Gasteiger partial charge in [0.25, 0.3) is 5.79 Å². The zero-order valence-corrected chi connectivity index (χ0v) is 18.0. The lowest BCUT2D eigenvalue weighted by Crippen LogP contribution is -2.41. The number of hydrogen-bond donors (Lipinski definition) is 0. The molecule has 3 heterocycles. The number of rotatable bonds is 3. The highest BCUT2D eigenvalue weighted by Gasteiger charge is 2.39. The maximum Gasteiger partial charge on any atom is 0.417 e. The molecule has 8 nitrogen and oxygen atoms in total. The number of aromatic nitrogens is 3. The number of pyridine rings is 1. The van der Waals surface area contributed by atoms with Gasteiger partial charge in [0.05, 0.1) is 16.6 Å². The van der Waals surface area contributed by atoms with Crippen molar-refractivity contribution in [3.05, 3.63) is 52.7 Å². The van der Waals surface area contributed by atoms with Crippen molar-refractivity contribution in [1.82, 2.24) is 14.8 Å². The largest absolute Gasteiger partial charge is 0.439 e. The summed E-state index contributed by atoms with van der Waals surface area (Å²) >= 11 is 0. The molecule has 0 saturated carbocycles. The number of aryl methyl sites for hydroxylation is 2. The van der Waals surface area contributed by atoms with E-state index in [1.54, 1.807) is 0 Å². The first-order valence-electron chi connectivity index (χ1n) is 9.72. The first-order valence-corrected chi connectivity index (χ1v) is 9.72. The monoisotopic (exact) mass is 461 g/mol. The number of cyclic esters (lactones) is 2. The summed E-state index contributed by atoms with van der Waals surface area (Å²) < 4.78 is 57.7. The predicted molar refractivity (Wildman–Crippen MR) is 109 cm³/mol. The van der Waals surface area contributed by atoms with Crippen LogP contribution in [-0.4, -0.2) is 32.5 Å². The van der Waals surface area contributed by atoms with E-state index in [-0.39, 0.29) is 33.9 Å². The normalized spacial score (nSPS) is 15.9. The van der Waals surface area contributed by atoms with Gasteiger partial charge in [0.2, 0.25) is 5.88 Å². The zero-order valence-electron chi connectivity index (χ0n) is 18.0. The number of ether oxygens (including phenoxy) is 3. The lowest BCUT2D eigenvalue weighted by molar-refractivity contribution is -0.222. The molecule has 1 fully saturated rings. The quantitative estimate of drug-likeness (QED) is 0.326. The third kappa shape index (κ3) is 4.38. The molecule has 0 N–H and O–H groups in total. The Morgan fingerprint density at radius 3 is 2.27 bits per heavy atom. The Kier molecular flexibility index (Phi) is 5.14. The number of carbonyl (C=O) groups excluding carboxylic acids is 2. The molecule has 0 unspecified atom stereocenters. The molecule has 0 spiro atoms. The second-order valence-electron chi connectivity index (χ2n) is 7.82. The first-order chi connectivity index (χ1) is 15.3. The summed E-state index contributed by atoms with van der Waals surface area (Å²) in [5, 5.41) is 3.93. The second kappa shape index (κ2) is 7.61. The first kappa shape index (κ1) is 22.3. The SMILES string of the molecule is Cc1nn(C)c2nc(Oc3ccc(C=C4C(=O)OC(C)(C)OC4=O)cc3)cc(C(F)(F)F)c12. The van der Waals surface area contributed by atoms with Crippen LogP contribution in [0.25, 0.3) is 17.1 Å². The highest BCUT2D eigenvalue weighted by atomic mass is 19.4. The molecule has 33 heavy (non-hydrogen) atoms. The van der Waals surface area contributed by atoms with Gasteiger partial charge in [0.15, 0.2) is 5.65 Å². The van der Waals surface area contributed by atoms with Crippen molar-refractivity contribution < 1.29 is 37.0 Å². The fourth-order valence-electron chi connectivity index (χ4n) is 3.40. The van der Waals surface area contributed by atoms with Crippen LogP contribution in [0, 0.1) is 6.92 Å². The van der Waals surface area contributed by atoms with Crippen molar-refractivity contribution >= 4 is 29.0 Å². The average Bonchev–Trinajstić information content (AvgIpc) is 2.98. The van der Waals surface area contributed by atoms with Crippen molar-refractivity contribution in [3.8, 4) is 11.6 Å². The average molecular weight is 461 g/mol. The molecule has 0 aliphatic carbocycles. The number of alkyl halides is 3. The number of carbonyl (C=O) groups is 2. The third-order valence-electron chi connectivity index (χ3n) is 4.78. The molecule has 1 aliphatic rings. The van der Waals surface area contributed by atoms with Gasteiger partial charge in [-0.1, -0.05) is 12.1 Å². The Bertz CT molecular complexity index is 1290. The molecule has 4 rings (SSSR count). The molecule has 1 aromatic carbocycles. The molecule has 0 amide bonds. The fraction of sp³-hybridized carbons (Fsp3) is 0.273. The highest BCUT2D eigenvalue weighted by molar-refractivity contribution is 6.18. The number of benzene rings is 1. The van der Waals surface area contributed by atoms with Gasteiger partial charge in [0.1, 0.15) is 11.3 Å². The van der Waals surface area contributed by atoms with Crippen LogP contribution in [-0.2, 0) is 32.3 Å². The van der Waals surface area contributed by atoms with Crippen molar-refractivity contribution in [2.45, 2.75) is 32.7 Å². The minimum Gasteiger partial charge on any atom is -0.439 e. The van der Waals surface area contributed by atoms with E-state index in [1.807, 2.05) is 0 Å². The molecule has 172 valence electrons. The van der Waals surface area contributed by atoms with E-state index in [4.69, 9.17) is 14.2 Å². The molecule has 0 radical (unpaired) electrons. The highest BCUT2D eigenvalue weighted by Crippen LogP contribution is 2.38. The van der Waals surface area contributed by atoms with E-state index in [0.29, 0.717) is 5.56 Å². The molecule has 2 aromatic heterocycles. The molecule has 1 aliphatic heterocycles. The molecule has 0 bridgehead atoms. The summed E-state index contributed by atoms with van der Waals surface area (Å²) in [6.07, 6.45) is -3.34. The Hall–Kier alpha value is -3.89. The van der Waals surface area contributed by atoms with Crippen LogP contribution in [0.4, 0.5) is 13.2 Å². The van der Waals surface area contributed by atoms with E-state index < -0.39 is 29.5 Å². The fourth-order valence-corrected chi connectivity index (χ4v) is 3.40. The van der Waals surface area contributed by atoms with Crippen molar-refractivity contribution in [2.24, 2.45) is 7.05 Å². The number of esters is 2. The number of hydrogen-bond acceptors (Lipinski definition) is 7. The predicted octanol–water partition coefficient (Wildman–Crippen LogP) is 4.31. The zero-order chi connectivity index (χ0) is 24.1. The lowest BCUT2D eigenvalue weighted by atomic mass is 10.1. The summed E-state index contributed by atoms with van der Waals surface area (Å²) in [6, 6.07) is 6.77. The van der Waals surface area contributed by atoms with Crippen molar-refractivity contribution in [1.29, 1.82) is 0 Å². The lowest BCUT2D eigenvalue weighted by Gasteiger charge is -2.29. The minimum absolute atomic E-state index is 0.0379. The van der Waals surface area contributed by atoms with Crippen LogP contribution in [0.5, 0.6) is 11.6 Å². The van der Waals surface area contributed by atoms with Crippen LogP contribution in [0.2, 0.25) is 0 Å². The van der Waals surface area contributed by atoms with E-state index >= 15 is 0 Å². The Labute approximate surface area is 185 Å². The molecular weight excluding hydrogens is 443 g/mol. The van der Waals surface area contributed by atoms with Gasteiger partial charge in [0, 0.05) is 27.0 Å². The Morgan fingerprint density at radius 2 is 1.70 bits per heavy atom. The van der Waals surface area contributed by atoms with Crippen LogP contribution in [0.15, 0.2) is 35.9 Å². The van der Waals surface area contributed by atoms with Gasteiger partial charge in [-0.15, -0.1) is 0 Å². The smallest absolute Gasteiger partial charge is 0.417 e. The van der Waals surface area contributed by atoms with Crippen molar-refractivity contribution in [2.75, 3.05) is 0 Å². The number of fused-ring (bicyclic) bond motifs is 1. The van der Waals surface area contributed by atoms with Gasteiger partial charge in [-0.05, 0) is 30.7 Å².